The van der Waals surface area contributed by atoms with Crippen LogP contribution >= 0.6 is 11.6 Å². The molecule has 1 aromatic rings. The topological polar surface area (TPSA) is 78.0 Å². The molecule has 3 aliphatic rings. The number of piperidine rings is 1. The Morgan fingerprint density at radius 3 is 2.83 bits per heavy atom. The Hall–Kier alpha value is -2.03. The highest BCUT2D eigenvalue weighted by Crippen LogP contribution is 2.41. The van der Waals surface area contributed by atoms with E-state index in [1.807, 2.05) is 10.6 Å². The summed E-state index contributed by atoms with van der Waals surface area (Å²) in [6.07, 6.45) is 3.09. The summed E-state index contributed by atoms with van der Waals surface area (Å²) in [6.45, 7) is 1.83. The largest absolute Gasteiger partial charge is 0.368 e. The molecule has 1 aromatic heterocycles. The molecule has 2 aliphatic heterocycles. The Kier molecular flexibility index (Phi) is 5.35. The van der Waals surface area contributed by atoms with E-state index in [-0.39, 0.29) is 17.9 Å². The van der Waals surface area contributed by atoms with Crippen LogP contribution in [0.4, 0.5) is 20.7 Å². The molecule has 158 valence electrons. The van der Waals surface area contributed by atoms with Crippen LogP contribution in [0.1, 0.15) is 37.6 Å². The number of fused-ring (bicyclic) bond motifs is 1. The minimum absolute atomic E-state index is 0.0610. The maximum absolute atomic E-state index is 14.0. The molecule has 1 fully saturated rings. The maximum atomic E-state index is 14.0. The summed E-state index contributed by atoms with van der Waals surface area (Å²) in [5.41, 5.74) is 8.12. The molecule has 29 heavy (non-hydrogen) atoms. The Labute approximate surface area is 174 Å². The highest BCUT2D eigenvalue weighted by Gasteiger charge is 2.38. The van der Waals surface area contributed by atoms with Crippen molar-refractivity contribution in [1.82, 2.24) is 9.47 Å². The predicted octanol–water partition coefficient (Wildman–Crippen LogP) is 3.05. The number of aliphatic hydroxyl groups excluding tert-OH is 1. The van der Waals surface area contributed by atoms with Gasteiger partial charge in [0.15, 0.2) is 6.23 Å². The molecule has 3 N–H and O–H groups in total. The van der Waals surface area contributed by atoms with E-state index < -0.39 is 6.23 Å². The van der Waals surface area contributed by atoms with Crippen LogP contribution in [0.2, 0.25) is 0 Å². The summed E-state index contributed by atoms with van der Waals surface area (Å²) in [5.74, 6) is 0.660. The number of carbonyl (C=O) groups is 1. The first-order valence-electron chi connectivity index (χ1n) is 9.94. The normalized spacial score (nSPS) is 25.5. The number of urea groups is 1. The van der Waals surface area contributed by atoms with Crippen molar-refractivity contribution in [3.05, 3.63) is 34.3 Å². The van der Waals surface area contributed by atoms with Crippen molar-refractivity contribution >= 4 is 29.1 Å². The molecule has 1 unspecified atom stereocenters. The third-order valence-corrected chi connectivity index (χ3v) is 6.46. The fourth-order valence-electron chi connectivity index (χ4n) is 4.38. The minimum atomic E-state index is -1.10. The van der Waals surface area contributed by atoms with Gasteiger partial charge in [0, 0.05) is 50.7 Å². The predicted molar refractivity (Wildman–Crippen MR) is 112 cm³/mol. The first-order valence-corrected chi connectivity index (χ1v) is 10.3. The van der Waals surface area contributed by atoms with Gasteiger partial charge in [0.1, 0.15) is 11.6 Å². The fraction of sp³-hybridized carbons (Fsp3) is 0.550. The number of allylic oxidation sites excluding steroid dienone is 4. The molecule has 2 atom stereocenters. The lowest BCUT2D eigenvalue weighted by molar-refractivity contribution is 0.0382. The first-order chi connectivity index (χ1) is 13.8. The van der Waals surface area contributed by atoms with E-state index in [9.17, 15) is 14.3 Å². The molecule has 9 heteroatoms. The van der Waals surface area contributed by atoms with E-state index in [2.05, 4.69) is 4.90 Å². The summed E-state index contributed by atoms with van der Waals surface area (Å²) in [4.78, 5) is 17.5. The third-order valence-electron chi connectivity index (χ3n) is 6.03. The van der Waals surface area contributed by atoms with Gasteiger partial charge in [-0.2, -0.15) is 0 Å². The number of hydrogen-bond donors (Lipinski definition) is 2. The van der Waals surface area contributed by atoms with Gasteiger partial charge in [-0.1, -0.05) is 11.6 Å². The quantitative estimate of drug-likeness (QED) is 0.783. The van der Waals surface area contributed by atoms with Crippen LogP contribution in [0.15, 0.2) is 28.6 Å². The molecule has 4 rings (SSSR count). The Morgan fingerprint density at radius 2 is 2.10 bits per heavy atom. The van der Waals surface area contributed by atoms with Crippen LogP contribution in [-0.4, -0.2) is 53.8 Å². The lowest BCUT2D eigenvalue weighted by Crippen LogP contribution is -2.46. The van der Waals surface area contributed by atoms with Crippen molar-refractivity contribution in [2.45, 2.75) is 44.5 Å². The molecule has 0 radical (unpaired) electrons. The van der Waals surface area contributed by atoms with Gasteiger partial charge in [-0.05, 0) is 30.9 Å². The monoisotopic (exact) mass is 423 g/mol. The second-order valence-corrected chi connectivity index (χ2v) is 8.51. The number of nitrogens with two attached hydrogens (primary N) is 1. The zero-order chi connectivity index (χ0) is 20.9. The van der Waals surface area contributed by atoms with Crippen molar-refractivity contribution in [1.29, 1.82) is 0 Å². The van der Waals surface area contributed by atoms with Crippen LogP contribution in [0.5, 0.6) is 0 Å². The lowest BCUT2D eigenvalue weighted by Gasteiger charge is -2.36. The SMILES string of the molecule is CN1C(=O)N(C)C(O)c2c1cc(N1CCC[C@@H](N)C1)n2CC1=C(Cl)CCC(F)=C1. The van der Waals surface area contributed by atoms with Crippen LogP contribution in [0.3, 0.4) is 0 Å². The molecule has 0 spiro atoms. The molecule has 1 aliphatic carbocycles. The van der Waals surface area contributed by atoms with Crippen LogP contribution in [0, 0.1) is 0 Å². The molecule has 7 nitrogen and oxygen atoms in total. The summed E-state index contributed by atoms with van der Waals surface area (Å²) in [7, 11) is 3.25. The average molecular weight is 424 g/mol. The van der Waals surface area contributed by atoms with Gasteiger partial charge in [0.2, 0.25) is 0 Å². The highest BCUT2D eigenvalue weighted by atomic mass is 35.5. The smallest absolute Gasteiger partial charge is 0.326 e. The number of halogens is 2. The fourth-order valence-corrected chi connectivity index (χ4v) is 4.59. The Balaban J connectivity index is 1.83. The summed E-state index contributed by atoms with van der Waals surface area (Å²) >= 11 is 6.41. The van der Waals surface area contributed by atoms with Gasteiger partial charge in [-0.15, -0.1) is 0 Å². The van der Waals surface area contributed by atoms with Crippen molar-refractivity contribution in [2.75, 3.05) is 37.0 Å². The number of hydrogen-bond acceptors (Lipinski definition) is 4. The van der Waals surface area contributed by atoms with Gasteiger partial charge in [0.05, 0.1) is 17.9 Å². The molecular formula is C20H27ClFN5O2. The van der Waals surface area contributed by atoms with Gasteiger partial charge in [-0.3, -0.25) is 9.80 Å². The molecule has 2 amide bonds. The van der Waals surface area contributed by atoms with Crippen molar-refractivity contribution in [3.8, 4) is 0 Å². The number of aliphatic hydroxyl groups is 1. The van der Waals surface area contributed by atoms with Crippen LogP contribution in [0.25, 0.3) is 0 Å². The van der Waals surface area contributed by atoms with E-state index >= 15 is 0 Å². The Bertz CT molecular complexity index is 896. The van der Waals surface area contributed by atoms with E-state index in [1.54, 1.807) is 14.1 Å². The molecular weight excluding hydrogens is 397 g/mol. The van der Waals surface area contributed by atoms with Crippen LogP contribution in [-0.2, 0) is 6.54 Å². The number of amides is 2. The lowest BCUT2D eigenvalue weighted by atomic mass is 10.1. The molecule has 0 saturated carbocycles. The van der Waals surface area contributed by atoms with Crippen molar-refractivity contribution < 1.29 is 14.3 Å². The highest BCUT2D eigenvalue weighted by molar-refractivity contribution is 6.30. The van der Waals surface area contributed by atoms with Crippen molar-refractivity contribution in [2.24, 2.45) is 5.73 Å². The first kappa shape index (κ1) is 20.3. The second kappa shape index (κ2) is 7.66. The summed E-state index contributed by atoms with van der Waals surface area (Å²) in [6, 6.07) is 1.69. The second-order valence-electron chi connectivity index (χ2n) is 8.05. The van der Waals surface area contributed by atoms with E-state index in [1.165, 1.54) is 15.9 Å². The van der Waals surface area contributed by atoms with E-state index in [0.29, 0.717) is 47.9 Å². The molecule has 3 heterocycles. The summed E-state index contributed by atoms with van der Waals surface area (Å²) < 4.78 is 15.9. The number of aromatic nitrogens is 1. The van der Waals surface area contributed by atoms with Crippen LogP contribution < -0.4 is 15.5 Å². The third kappa shape index (κ3) is 3.53. The summed E-state index contributed by atoms with van der Waals surface area (Å²) in [5, 5.41) is 11.5. The number of anilines is 2. The van der Waals surface area contributed by atoms with Gasteiger partial charge in [0.25, 0.3) is 0 Å². The zero-order valence-corrected chi connectivity index (χ0v) is 17.5. The van der Waals surface area contributed by atoms with Gasteiger partial charge >= 0.3 is 6.03 Å². The minimum Gasteiger partial charge on any atom is -0.368 e. The zero-order valence-electron chi connectivity index (χ0n) is 16.7. The number of carbonyl (C=O) groups excluding carboxylic acids is 1. The molecule has 0 bridgehead atoms. The average Bonchev–Trinajstić information content (AvgIpc) is 3.07. The van der Waals surface area contributed by atoms with Gasteiger partial charge < -0.3 is 20.3 Å². The van der Waals surface area contributed by atoms with Gasteiger partial charge in [-0.25, -0.2) is 9.18 Å². The van der Waals surface area contributed by atoms with E-state index in [4.69, 9.17) is 17.3 Å². The molecule has 0 aromatic carbocycles. The maximum Gasteiger partial charge on any atom is 0.326 e. The number of nitrogens with zero attached hydrogens (tertiary/aromatic N) is 4. The molecule has 1 saturated heterocycles. The Morgan fingerprint density at radius 1 is 1.34 bits per heavy atom. The standard InChI is InChI=1S/C20H27ClFN5O2/c1-24-16-9-17(26-7-3-4-14(23)11-26)27(18(16)19(28)25(2)20(24)29)10-12-8-13(22)5-6-15(12)21/h8-9,14,19,28H,3-7,10-11,23H2,1-2H3/t14-,19?/m1/s1. The van der Waals surface area contributed by atoms with Crippen molar-refractivity contribution in [3.63, 3.8) is 0 Å². The van der Waals surface area contributed by atoms with E-state index in [0.717, 1.165) is 25.2 Å². The number of rotatable bonds is 3.